The molecule has 0 saturated heterocycles. The number of halogens is 1. The Kier molecular flexibility index (Phi) is 4.84. The Labute approximate surface area is 115 Å². The third kappa shape index (κ3) is 3.36. The summed E-state index contributed by atoms with van der Waals surface area (Å²) >= 11 is 6.22. The van der Waals surface area contributed by atoms with Crippen molar-refractivity contribution < 1.29 is 0 Å². The van der Waals surface area contributed by atoms with E-state index in [1.54, 1.807) is 0 Å². The number of aromatic nitrogens is 1. The van der Waals surface area contributed by atoms with Crippen LogP contribution in [-0.4, -0.2) is 29.5 Å². The van der Waals surface area contributed by atoms with E-state index in [9.17, 15) is 0 Å². The quantitative estimate of drug-likeness (QED) is 0.855. The van der Waals surface area contributed by atoms with Crippen molar-refractivity contribution in [1.29, 1.82) is 0 Å². The molecule has 1 N–H and O–H groups in total. The van der Waals surface area contributed by atoms with Gasteiger partial charge in [0.1, 0.15) is 5.82 Å². The lowest BCUT2D eigenvalue weighted by atomic mass is 9.92. The van der Waals surface area contributed by atoms with Crippen LogP contribution in [0.1, 0.15) is 38.3 Å². The summed E-state index contributed by atoms with van der Waals surface area (Å²) in [6, 6.07) is 4.61. The molecule has 1 saturated carbocycles. The summed E-state index contributed by atoms with van der Waals surface area (Å²) < 4.78 is 0. The summed E-state index contributed by atoms with van der Waals surface area (Å²) in [6.45, 7) is 3.94. The average molecular weight is 268 g/mol. The molecular weight excluding hydrogens is 246 g/mol. The highest BCUT2D eigenvalue weighted by atomic mass is 35.5. The Hall–Kier alpha value is -0.800. The van der Waals surface area contributed by atoms with Crippen LogP contribution in [-0.2, 0) is 6.54 Å². The van der Waals surface area contributed by atoms with Crippen LogP contribution in [0.2, 0.25) is 5.02 Å². The molecule has 1 heterocycles. The summed E-state index contributed by atoms with van der Waals surface area (Å²) in [7, 11) is 2.16. The zero-order valence-electron chi connectivity index (χ0n) is 11.2. The maximum absolute atomic E-state index is 6.22. The van der Waals surface area contributed by atoms with Crippen molar-refractivity contribution in [2.24, 2.45) is 0 Å². The number of hydrogen-bond donors (Lipinski definition) is 1. The third-order valence-corrected chi connectivity index (χ3v) is 3.92. The molecule has 0 atom stereocenters. The molecule has 0 amide bonds. The summed E-state index contributed by atoms with van der Waals surface area (Å²) in [5.74, 6) is 0.929. The monoisotopic (exact) mass is 267 g/mol. The predicted octanol–water partition coefficient (Wildman–Crippen LogP) is 3.54. The van der Waals surface area contributed by atoms with Crippen LogP contribution < -0.4 is 5.32 Å². The molecule has 0 unspecified atom stereocenters. The van der Waals surface area contributed by atoms with Crippen LogP contribution in [0, 0.1) is 0 Å². The second kappa shape index (κ2) is 6.39. The van der Waals surface area contributed by atoms with Crippen LogP contribution in [0.15, 0.2) is 12.1 Å². The van der Waals surface area contributed by atoms with E-state index in [0.29, 0.717) is 0 Å². The molecule has 3 nitrogen and oxygen atoms in total. The van der Waals surface area contributed by atoms with Gasteiger partial charge in [0, 0.05) is 19.1 Å². The molecule has 1 fully saturated rings. The fourth-order valence-electron chi connectivity index (χ4n) is 2.14. The molecule has 0 spiro atoms. The molecule has 2 rings (SSSR count). The molecule has 100 valence electrons. The molecule has 1 aliphatic carbocycles. The largest absolute Gasteiger partial charge is 0.370 e. The Bertz CT molecular complexity index is 391. The number of anilines is 1. The van der Waals surface area contributed by atoms with Gasteiger partial charge in [-0.15, -0.1) is 0 Å². The van der Waals surface area contributed by atoms with E-state index in [-0.39, 0.29) is 0 Å². The van der Waals surface area contributed by atoms with E-state index < -0.39 is 0 Å². The number of hydrogen-bond acceptors (Lipinski definition) is 3. The van der Waals surface area contributed by atoms with E-state index in [0.717, 1.165) is 42.1 Å². The average Bonchev–Trinajstić information content (AvgIpc) is 2.28. The van der Waals surface area contributed by atoms with Gasteiger partial charge in [0.2, 0.25) is 0 Å². The van der Waals surface area contributed by atoms with Crippen molar-refractivity contribution >= 4 is 17.4 Å². The molecule has 0 aliphatic heterocycles. The van der Waals surface area contributed by atoms with Crippen molar-refractivity contribution in [3.8, 4) is 0 Å². The van der Waals surface area contributed by atoms with Crippen LogP contribution in [0.3, 0.4) is 0 Å². The molecule has 1 aromatic heterocycles. The van der Waals surface area contributed by atoms with Gasteiger partial charge in [-0.05, 0) is 38.4 Å². The molecule has 1 aliphatic rings. The van der Waals surface area contributed by atoms with Gasteiger partial charge in [-0.2, -0.15) is 0 Å². The van der Waals surface area contributed by atoms with Gasteiger partial charge in [0.15, 0.2) is 0 Å². The van der Waals surface area contributed by atoms with E-state index in [2.05, 4.69) is 29.2 Å². The van der Waals surface area contributed by atoms with Gasteiger partial charge in [0.05, 0.1) is 10.7 Å². The lowest BCUT2D eigenvalue weighted by Gasteiger charge is -2.34. The molecule has 1 aromatic rings. The molecule has 0 bridgehead atoms. The topological polar surface area (TPSA) is 28.2 Å². The first-order valence-corrected chi connectivity index (χ1v) is 7.18. The minimum atomic E-state index is 0.718. The second-order valence-electron chi connectivity index (χ2n) is 5.05. The van der Waals surface area contributed by atoms with Gasteiger partial charge in [-0.3, -0.25) is 4.90 Å². The Balaban J connectivity index is 2.00. The first-order valence-electron chi connectivity index (χ1n) is 6.80. The number of pyridine rings is 1. The fraction of sp³-hybridized carbons (Fsp3) is 0.643. The van der Waals surface area contributed by atoms with Crippen molar-refractivity contribution in [3.63, 3.8) is 0 Å². The lowest BCUT2D eigenvalue weighted by molar-refractivity contribution is 0.151. The predicted molar refractivity (Wildman–Crippen MR) is 77.1 cm³/mol. The second-order valence-corrected chi connectivity index (χ2v) is 5.46. The Morgan fingerprint density at radius 3 is 2.83 bits per heavy atom. The van der Waals surface area contributed by atoms with Gasteiger partial charge in [-0.25, -0.2) is 4.98 Å². The molecule has 0 radical (unpaired) electrons. The number of nitrogens with one attached hydrogen (secondary N) is 1. The summed E-state index contributed by atoms with van der Waals surface area (Å²) in [5.41, 5.74) is 0.979. The SMILES string of the molecule is CCCNc1ccc(Cl)c(CN(C)C2CCC2)n1. The van der Waals surface area contributed by atoms with Crippen LogP contribution in [0.5, 0.6) is 0 Å². The normalized spacial score (nSPS) is 15.8. The molecule has 0 aromatic carbocycles. The van der Waals surface area contributed by atoms with E-state index in [1.165, 1.54) is 19.3 Å². The third-order valence-electron chi connectivity index (χ3n) is 3.57. The van der Waals surface area contributed by atoms with E-state index >= 15 is 0 Å². The van der Waals surface area contributed by atoms with Gasteiger partial charge < -0.3 is 5.32 Å². The van der Waals surface area contributed by atoms with Crippen molar-refractivity contribution in [3.05, 3.63) is 22.8 Å². The highest BCUT2D eigenvalue weighted by Gasteiger charge is 2.22. The minimum Gasteiger partial charge on any atom is -0.370 e. The van der Waals surface area contributed by atoms with Crippen molar-refractivity contribution in [2.75, 3.05) is 18.9 Å². The first-order chi connectivity index (χ1) is 8.70. The molecular formula is C14H22ClN3. The highest BCUT2D eigenvalue weighted by Crippen LogP contribution is 2.26. The lowest BCUT2D eigenvalue weighted by Crippen LogP contribution is -2.36. The summed E-state index contributed by atoms with van der Waals surface area (Å²) in [6.07, 6.45) is 5.07. The fourth-order valence-corrected chi connectivity index (χ4v) is 2.30. The summed E-state index contributed by atoms with van der Waals surface area (Å²) in [5, 5.41) is 4.07. The maximum atomic E-state index is 6.22. The highest BCUT2D eigenvalue weighted by molar-refractivity contribution is 6.31. The van der Waals surface area contributed by atoms with Crippen LogP contribution in [0.25, 0.3) is 0 Å². The van der Waals surface area contributed by atoms with Crippen LogP contribution >= 0.6 is 11.6 Å². The van der Waals surface area contributed by atoms with E-state index in [1.807, 2.05) is 12.1 Å². The minimum absolute atomic E-state index is 0.718. The van der Waals surface area contributed by atoms with Gasteiger partial charge in [0.25, 0.3) is 0 Å². The number of rotatable bonds is 6. The summed E-state index contributed by atoms with van der Waals surface area (Å²) in [4.78, 5) is 6.97. The van der Waals surface area contributed by atoms with Gasteiger partial charge >= 0.3 is 0 Å². The standard InChI is InChI=1S/C14H22ClN3/c1-3-9-16-14-8-7-12(15)13(17-14)10-18(2)11-5-4-6-11/h7-8,11H,3-6,9-10H2,1-2H3,(H,16,17). The molecule has 18 heavy (non-hydrogen) atoms. The van der Waals surface area contributed by atoms with Crippen molar-refractivity contribution in [2.45, 2.75) is 45.2 Å². The number of nitrogens with zero attached hydrogens (tertiary/aromatic N) is 2. The smallest absolute Gasteiger partial charge is 0.126 e. The Morgan fingerprint density at radius 1 is 1.44 bits per heavy atom. The van der Waals surface area contributed by atoms with Gasteiger partial charge in [-0.1, -0.05) is 24.9 Å². The maximum Gasteiger partial charge on any atom is 0.126 e. The Morgan fingerprint density at radius 2 is 2.22 bits per heavy atom. The van der Waals surface area contributed by atoms with Crippen LogP contribution in [0.4, 0.5) is 5.82 Å². The molecule has 4 heteroatoms. The zero-order chi connectivity index (χ0) is 13.0. The van der Waals surface area contributed by atoms with Crippen molar-refractivity contribution in [1.82, 2.24) is 9.88 Å². The first kappa shape index (κ1) is 13.6. The zero-order valence-corrected chi connectivity index (χ0v) is 12.0. The van der Waals surface area contributed by atoms with E-state index in [4.69, 9.17) is 11.6 Å².